The average molecular weight is 529 g/mol. The molecule has 3 aromatic rings. The number of carbonyl (C=O) groups excluding carboxylic acids is 1. The van der Waals surface area contributed by atoms with Gasteiger partial charge in [0.05, 0.1) is 23.1 Å². The Labute approximate surface area is 219 Å². The van der Waals surface area contributed by atoms with Gasteiger partial charge in [0.15, 0.2) is 0 Å². The second-order valence-corrected chi connectivity index (χ2v) is 9.27. The van der Waals surface area contributed by atoms with Crippen molar-refractivity contribution in [1.82, 2.24) is 20.2 Å². The van der Waals surface area contributed by atoms with Gasteiger partial charge in [-0.3, -0.25) is 14.7 Å². The lowest BCUT2D eigenvalue weighted by Gasteiger charge is -2.27. The molecule has 1 aliphatic rings. The summed E-state index contributed by atoms with van der Waals surface area (Å²) in [5.41, 5.74) is 2.38. The number of alkyl halides is 3. The molecular weight excluding hydrogens is 497 g/mol. The smallest absolute Gasteiger partial charge is 0.416 e. The van der Waals surface area contributed by atoms with Crippen LogP contribution in [0.5, 0.6) is 5.88 Å². The molecule has 0 bridgehead atoms. The molecule has 1 amide bonds. The van der Waals surface area contributed by atoms with Crippen LogP contribution in [0.25, 0.3) is 11.1 Å². The Morgan fingerprint density at radius 1 is 1.13 bits per heavy atom. The molecular formula is C27H31F3N6O2. The van der Waals surface area contributed by atoms with Gasteiger partial charge < -0.3 is 20.3 Å². The van der Waals surface area contributed by atoms with Crippen LogP contribution in [0.15, 0.2) is 48.8 Å². The van der Waals surface area contributed by atoms with E-state index in [1.165, 1.54) is 18.3 Å². The molecule has 0 spiro atoms. The largest absolute Gasteiger partial charge is 0.475 e. The van der Waals surface area contributed by atoms with Crippen LogP contribution in [-0.4, -0.2) is 74.2 Å². The van der Waals surface area contributed by atoms with Gasteiger partial charge in [-0.15, -0.1) is 0 Å². The van der Waals surface area contributed by atoms with Gasteiger partial charge in [0.25, 0.3) is 5.91 Å². The lowest BCUT2D eigenvalue weighted by Crippen LogP contribution is -2.44. The molecule has 0 unspecified atom stereocenters. The SMILES string of the molecule is Cc1ncc(NC(=O)c2cccc(C(F)(F)F)c2)cc1-c1cnc(OCCN2CCNCC2)c(N(C)C)c1. The summed E-state index contributed by atoms with van der Waals surface area (Å²) in [7, 11) is 3.81. The number of anilines is 2. The summed E-state index contributed by atoms with van der Waals surface area (Å²) in [6, 6.07) is 7.96. The molecule has 202 valence electrons. The van der Waals surface area contributed by atoms with E-state index in [0.29, 0.717) is 23.9 Å². The quantitative estimate of drug-likeness (QED) is 0.456. The Morgan fingerprint density at radius 2 is 1.89 bits per heavy atom. The minimum Gasteiger partial charge on any atom is -0.475 e. The number of carbonyl (C=O) groups is 1. The Bertz CT molecular complexity index is 1280. The third-order valence-electron chi connectivity index (χ3n) is 6.28. The summed E-state index contributed by atoms with van der Waals surface area (Å²) < 4.78 is 45.2. The maximum Gasteiger partial charge on any atom is 0.416 e. The molecule has 0 saturated carbocycles. The molecule has 1 aromatic carbocycles. The van der Waals surface area contributed by atoms with Crippen LogP contribution in [0.4, 0.5) is 24.5 Å². The number of halogens is 3. The molecule has 0 aliphatic carbocycles. The number of nitrogens with one attached hydrogen (secondary N) is 2. The number of pyridine rings is 2. The van der Waals surface area contributed by atoms with Crippen molar-refractivity contribution in [3.63, 3.8) is 0 Å². The van der Waals surface area contributed by atoms with Crippen LogP contribution in [0.1, 0.15) is 21.6 Å². The topological polar surface area (TPSA) is 82.6 Å². The van der Waals surface area contributed by atoms with E-state index in [1.54, 1.807) is 12.3 Å². The highest BCUT2D eigenvalue weighted by Gasteiger charge is 2.31. The van der Waals surface area contributed by atoms with E-state index in [2.05, 4.69) is 25.5 Å². The number of hydrogen-bond donors (Lipinski definition) is 2. The predicted molar refractivity (Wildman–Crippen MR) is 141 cm³/mol. The van der Waals surface area contributed by atoms with Crippen LogP contribution >= 0.6 is 0 Å². The maximum atomic E-state index is 13.1. The highest BCUT2D eigenvalue weighted by atomic mass is 19.4. The van der Waals surface area contributed by atoms with Crippen LogP contribution < -0.4 is 20.3 Å². The molecule has 0 atom stereocenters. The van der Waals surface area contributed by atoms with Gasteiger partial charge >= 0.3 is 6.18 Å². The van der Waals surface area contributed by atoms with E-state index < -0.39 is 17.6 Å². The molecule has 4 rings (SSSR count). The standard InChI is InChI=1S/C27H31F3N6O2/c1-18-23(15-22(17-32-18)34-25(37)19-5-4-6-21(13-19)27(28,29)30)20-14-24(35(2)3)26(33-16-20)38-12-11-36-9-7-31-8-10-36/h4-6,13-17,31H,7-12H2,1-3H3,(H,34,37). The van der Waals surface area contributed by atoms with Gasteiger partial charge in [-0.05, 0) is 37.3 Å². The van der Waals surface area contributed by atoms with E-state index >= 15 is 0 Å². The zero-order chi connectivity index (χ0) is 27.3. The number of aromatic nitrogens is 2. The van der Waals surface area contributed by atoms with Crippen molar-refractivity contribution in [3.05, 3.63) is 65.6 Å². The fraction of sp³-hybridized carbons (Fsp3) is 0.370. The van der Waals surface area contributed by atoms with E-state index in [9.17, 15) is 18.0 Å². The van der Waals surface area contributed by atoms with Gasteiger partial charge in [-0.1, -0.05) is 6.07 Å². The van der Waals surface area contributed by atoms with Crippen molar-refractivity contribution < 1.29 is 22.7 Å². The summed E-state index contributed by atoms with van der Waals surface area (Å²) in [6.07, 6.45) is -1.37. The number of benzene rings is 1. The van der Waals surface area contributed by atoms with E-state index in [0.717, 1.165) is 61.7 Å². The van der Waals surface area contributed by atoms with Crippen molar-refractivity contribution in [2.24, 2.45) is 0 Å². The normalized spacial score (nSPS) is 14.3. The molecule has 2 N–H and O–H groups in total. The third-order valence-corrected chi connectivity index (χ3v) is 6.28. The second-order valence-electron chi connectivity index (χ2n) is 9.27. The number of hydrogen-bond acceptors (Lipinski definition) is 7. The Balaban J connectivity index is 1.51. The molecule has 0 radical (unpaired) electrons. The summed E-state index contributed by atoms with van der Waals surface area (Å²) in [6.45, 7) is 7.10. The lowest BCUT2D eigenvalue weighted by atomic mass is 10.0. The third kappa shape index (κ3) is 6.78. The summed E-state index contributed by atoms with van der Waals surface area (Å²) in [5, 5.41) is 5.98. The second kappa shape index (κ2) is 11.8. The van der Waals surface area contributed by atoms with Gasteiger partial charge in [-0.25, -0.2) is 4.98 Å². The average Bonchev–Trinajstić information content (AvgIpc) is 2.90. The van der Waals surface area contributed by atoms with Crippen LogP contribution in [0, 0.1) is 6.92 Å². The Hall–Kier alpha value is -3.70. The highest BCUT2D eigenvalue weighted by molar-refractivity contribution is 6.04. The van der Waals surface area contributed by atoms with E-state index in [1.807, 2.05) is 32.0 Å². The van der Waals surface area contributed by atoms with Crippen molar-refractivity contribution in [3.8, 4) is 17.0 Å². The monoisotopic (exact) mass is 528 g/mol. The van der Waals surface area contributed by atoms with Gasteiger partial charge in [0.1, 0.15) is 6.61 Å². The van der Waals surface area contributed by atoms with E-state index in [4.69, 9.17) is 4.74 Å². The van der Waals surface area contributed by atoms with Crippen molar-refractivity contribution in [2.75, 3.05) is 63.6 Å². The van der Waals surface area contributed by atoms with E-state index in [-0.39, 0.29) is 5.56 Å². The summed E-state index contributed by atoms with van der Waals surface area (Å²) in [4.78, 5) is 25.9. The minimum atomic E-state index is -4.53. The van der Waals surface area contributed by atoms with Crippen molar-refractivity contribution in [1.29, 1.82) is 0 Å². The number of piperazine rings is 1. The van der Waals surface area contributed by atoms with Gasteiger partial charge in [0.2, 0.25) is 5.88 Å². The molecule has 11 heteroatoms. The zero-order valence-electron chi connectivity index (χ0n) is 21.6. The maximum absolute atomic E-state index is 13.1. The minimum absolute atomic E-state index is 0.0965. The van der Waals surface area contributed by atoms with Crippen LogP contribution in [-0.2, 0) is 6.18 Å². The molecule has 1 fully saturated rings. The number of nitrogens with zero attached hydrogens (tertiary/aromatic N) is 4. The molecule has 8 nitrogen and oxygen atoms in total. The first-order valence-electron chi connectivity index (χ1n) is 12.3. The van der Waals surface area contributed by atoms with Gasteiger partial charge in [0, 0.05) is 75.4 Å². The fourth-order valence-corrected chi connectivity index (χ4v) is 4.16. The first-order valence-corrected chi connectivity index (χ1v) is 12.3. The van der Waals surface area contributed by atoms with Crippen LogP contribution in [0.2, 0.25) is 0 Å². The fourth-order valence-electron chi connectivity index (χ4n) is 4.16. The number of aryl methyl sites for hydroxylation is 1. The Morgan fingerprint density at radius 3 is 2.61 bits per heavy atom. The highest BCUT2D eigenvalue weighted by Crippen LogP contribution is 2.33. The number of amides is 1. The van der Waals surface area contributed by atoms with Crippen LogP contribution in [0.3, 0.4) is 0 Å². The summed E-state index contributed by atoms with van der Waals surface area (Å²) >= 11 is 0. The summed E-state index contributed by atoms with van der Waals surface area (Å²) in [5.74, 6) is -0.137. The van der Waals surface area contributed by atoms with Gasteiger partial charge in [-0.2, -0.15) is 13.2 Å². The van der Waals surface area contributed by atoms with Crippen molar-refractivity contribution >= 4 is 17.3 Å². The molecule has 2 aromatic heterocycles. The lowest BCUT2D eigenvalue weighted by molar-refractivity contribution is -0.137. The molecule has 3 heterocycles. The predicted octanol–water partition coefficient (Wildman–Crippen LogP) is 4.07. The number of rotatable bonds is 8. The molecule has 1 saturated heterocycles. The van der Waals surface area contributed by atoms with Crippen molar-refractivity contribution in [2.45, 2.75) is 13.1 Å². The first-order chi connectivity index (χ1) is 18.1. The molecule has 1 aliphatic heterocycles. The first kappa shape index (κ1) is 27.3. The Kier molecular flexibility index (Phi) is 8.48. The zero-order valence-corrected chi connectivity index (χ0v) is 21.6. The molecule has 38 heavy (non-hydrogen) atoms. The number of ether oxygens (including phenoxy) is 1.